The standard InChI is InChI=1S/C15H20N2O2S/c1-11(2)8-17(9-12(3)15(18)19)13-4-6-14(7-5-13)20-10-16/h4-7,11-12H,8-9H2,1-3H3,(H,18,19). The molecule has 1 atom stereocenters. The SMILES string of the molecule is CC(C)CN(CC(C)C(=O)O)c1ccc(SC#N)cc1. The third-order valence-electron chi connectivity index (χ3n) is 2.87. The largest absolute Gasteiger partial charge is 0.481 e. The zero-order valence-electron chi connectivity index (χ0n) is 12.0. The zero-order chi connectivity index (χ0) is 15.1. The van der Waals surface area contributed by atoms with Gasteiger partial charge in [-0.1, -0.05) is 20.8 Å². The molecule has 4 nitrogen and oxygen atoms in total. The number of aliphatic carboxylic acids is 1. The number of carbonyl (C=O) groups is 1. The molecular weight excluding hydrogens is 272 g/mol. The second kappa shape index (κ2) is 7.81. The molecule has 1 aromatic carbocycles. The fourth-order valence-electron chi connectivity index (χ4n) is 1.91. The van der Waals surface area contributed by atoms with Crippen LogP contribution in [0.3, 0.4) is 0 Å². The van der Waals surface area contributed by atoms with Crippen molar-refractivity contribution in [3.05, 3.63) is 24.3 Å². The van der Waals surface area contributed by atoms with Gasteiger partial charge in [-0.3, -0.25) is 4.79 Å². The van der Waals surface area contributed by atoms with Crippen LogP contribution in [-0.4, -0.2) is 24.2 Å². The first-order chi connectivity index (χ1) is 9.43. The van der Waals surface area contributed by atoms with Crippen LogP contribution in [0.25, 0.3) is 0 Å². The van der Waals surface area contributed by atoms with E-state index in [4.69, 9.17) is 10.4 Å². The van der Waals surface area contributed by atoms with Gasteiger partial charge in [-0.05, 0) is 41.9 Å². The van der Waals surface area contributed by atoms with E-state index in [1.165, 1.54) is 0 Å². The molecule has 108 valence electrons. The van der Waals surface area contributed by atoms with E-state index in [1.54, 1.807) is 6.92 Å². The second-order valence-electron chi connectivity index (χ2n) is 5.23. The highest BCUT2D eigenvalue weighted by Gasteiger charge is 2.17. The highest BCUT2D eigenvalue weighted by atomic mass is 32.2. The molecule has 0 aliphatic carbocycles. The third-order valence-corrected chi connectivity index (χ3v) is 3.47. The van der Waals surface area contributed by atoms with Crippen LogP contribution in [0.2, 0.25) is 0 Å². The molecule has 0 amide bonds. The lowest BCUT2D eigenvalue weighted by Crippen LogP contribution is -2.34. The van der Waals surface area contributed by atoms with Crippen molar-refractivity contribution in [2.24, 2.45) is 11.8 Å². The van der Waals surface area contributed by atoms with Crippen molar-refractivity contribution < 1.29 is 9.90 Å². The molecule has 20 heavy (non-hydrogen) atoms. The lowest BCUT2D eigenvalue weighted by atomic mass is 10.1. The Hall–Kier alpha value is -1.67. The predicted octanol–water partition coefficient (Wildman–Crippen LogP) is 3.44. The van der Waals surface area contributed by atoms with Gasteiger partial charge >= 0.3 is 5.97 Å². The quantitative estimate of drug-likeness (QED) is 0.616. The number of nitrogens with zero attached hydrogens (tertiary/aromatic N) is 2. The van der Waals surface area contributed by atoms with E-state index in [0.717, 1.165) is 28.9 Å². The van der Waals surface area contributed by atoms with Crippen LogP contribution in [-0.2, 0) is 4.79 Å². The Bertz CT molecular complexity index is 480. The van der Waals surface area contributed by atoms with Gasteiger partial charge in [0.15, 0.2) is 0 Å². The van der Waals surface area contributed by atoms with Gasteiger partial charge in [-0.15, -0.1) is 0 Å². The Morgan fingerprint density at radius 2 is 1.90 bits per heavy atom. The lowest BCUT2D eigenvalue weighted by molar-refractivity contribution is -0.140. The average molecular weight is 292 g/mol. The van der Waals surface area contributed by atoms with Crippen LogP contribution in [0.15, 0.2) is 29.2 Å². The van der Waals surface area contributed by atoms with E-state index in [9.17, 15) is 4.79 Å². The number of rotatable bonds is 7. The first-order valence-corrected chi connectivity index (χ1v) is 7.39. The summed E-state index contributed by atoms with van der Waals surface area (Å²) in [5.74, 6) is -0.749. The Morgan fingerprint density at radius 3 is 2.35 bits per heavy atom. The van der Waals surface area contributed by atoms with Crippen LogP contribution in [0, 0.1) is 22.5 Å². The topological polar surface area (TPSA) is 64.3 Å². The Labute approximate surface area is 124 Å². The molecule has 0 aromatic heterocycles. The number of thioether (sulfide) groups is 1. The Morgan fingerprint density at radius 1 is 1.30 bits per heavy atom. The average Bonchev–Trinajstić information content (AvgIpc) is 2.38. The monoisotopic (exact) mass is 292 g/mol. The number of hydrogen-bond acceptors (Lipinski definition) is 4. The van der Waals surface area contributed by atoms with Crippen molar-refractivity contribution in [2.75, 3.05) is 18.0 Å². The van der Waals surface area contributed by atoms with E-state index in [2.05, 4.69) is 18.7 Å². The number of nitriles is 1. The molecule has 0 spiro atoms. The van der Waals surface area contributed by atoms with Gasteiger partial charge in [0.2, 0.25) is 0 Å². The van der Waals surface area contributed by atoms with E-state index in [-0.39, 0.29) is 0 Å². The Kier molecular flexibility index (Phi) is 6.40. The summed E-state index contributed by atoms with van der Waals surface area (Å²) in [6.07, 6.45) is 0. The van der Waals surface area contributed by atoms with Crippen LogP contribution >= 0.6 is 11.8 Å². The van der Waals surface area contributed by atoms with Gasteiger partial charge in [0, 0.05) is 23.7 Å². The molecule has 0 saturated carbocycles. The maximum atomic E-state index is 11.0. The van der Waals surface area contributed by atoms with E-state index < -0.39 is 11.9 Å². The van der Waals surface area contributed by atoms with Crippen molar-refractivity contribution in [2.45, 2.75) is 25.7 Å². The van der Waals surface area contributed by atoms with Gasteiger partial charge in [-0.2, -0.15) is 5.26 Å². The summed E-state index contributed by atoms with van der Waals surface area (Å²) in [6, 6.07) is 7.66. The van der Waals surface area contributed by atoms with Crippen LogP contribution in [0.4, 0.5) is 5.69 Å². The first kappa shape index (κ1) is 16.4. The number of anilines is 1. The lowest BCUT2D eigenvalue weighted by Gasteiger charge is -2.28. The summed E-state index contributed by atoms with van der Waals surface area (Å²) < 4.78 is 0. The minimum atomic E-state index is -0.782. The van der Waals surface area contributed by atoms with Crippen molar-refractivity contribution in [1.82, 2.24) is 0 Å². The summed E-state index contributed by atoms with van der Waals surface area (Å²) >= 11 is 1.12. The van der Waals surface area contributed by atoms with Gasteiger partial charge < -0.3 is 10.0 Å². The number of carboxylic acids is 1. The summed E-state index contributed by atoms with van der Waals surface area (Å²) in [5.41, 5.74) is 0.995. The molecule has 1 N–H and O–H groups in total. The predicted molar refractivity (Wildman–Crippen MR) is 81.8 cm³/mol. The van der Waals surface area contributed by atoms with Gasteiger partial charge in [0.1, 0.15) is 5.40 Å². The molecule has 0 bridgehead atoms. The number of thiocyanates is 1. The van der Waals surface area contributed by atoms with E-state index >= 15 is 0 Å². The number of hydrogen-bond donors (Lipinski definition) is 1. The molecule has 0 radical (unpaired) electrons. The molecule has 0 fully saturated rings. The Balaban J connectivity index is 2.86. The fraction of sp³-hybridized carbons (Fsp3) is 0.467. The molecule has 0 aliphatic heterocycles. The summed E-state index contributed by atoms with van der Waals surface area (Å²) in [4.78, 5) is 14.0. The molecule has 1 unspecified atom stereocenters. The summed E-state index contributed by atoms with van der Waals surface area (Å²) in [6.45, 7) is 7.23. The van der Waals surface area contributed by atoms with Gasteiger partial charge in [0.25, 0.3) is 0 Å². The van der Waals surface area contributed by atoms with Crippen LogP contribution in [0.5, 0.6) is 0 Å². The number of carboxylic acid groups (broad SMARTS) is 1. The zero-order valence-corrected chi connectivity index (χ0v) is 12.9. The van der Waals surface area contributed by atoms with Crippen molar-refractivity contribution in [3.63, 3.8) is 0 Å². The smallest absolute Gasteiger partial charge is 0.308 e. The highest BCUT2D eigenvalue weighted by molar-refractivity contribution is 8.03. The second-order valence-corrected chi connectivity index (χ2v) is 6.08. The molecule has 1 aromatic rings. The normalized spacial score (nSPS) is 11.9. The maximum absolute atomic E-state index is 11.0. The van der Waals surface area contributed by atoms with Crippen LogP contribution < -0.4 is 4.90 Å². The molecule has 0 saturated heterocycles. The van der Waals surface area contributed by atoms with Crippen molar-refractivity contribution in [1.29, 1.82) is 5.26 Å². The van der Waals surface area contributed by atoms with Crippen molar-refractivity contribution >= 4 is 23.4 Å². The van der Waals surface area contributed by atoms with E-state index in [1.807, 2.05) is 29.7 Å². The molecule has 0 aliphatic rings. The van der Waals surface area contributed by atoms with Gasteiger partial charge in [-0.25, -0.2) is 0 Å². The molecule has 0 heterocycles. The fourth-order valence-corrected chi connectivity index (χ4v) is 2.29. The minimum Gasteiger partial charge on any atom is -0.481 e. The minimum absolute atomic E-state index is 0.415. The third kappa shape index (κ3) is 5.14. The van der Waals surface area contributed by atoms with Crippen LogP contribution in [0.1, 0.15) is 20.8 Å². The molecular formula is C15H20N2O2S. The number of benzene rings is 1. The van der Waals surface area contributed by atoms with Crippen molar-refractivity contribution in [3.8, 4) is 5.40 Å². The molecule has 5 heteroatoms. The first-order valence-electron chi connectivity index (χ1n) is 6.57. The maximum Gasteiger partial charge on any atom is 0.308 e. The summed E-state index contributed by atoms with van der Waals surface area (Å²) in [5, 5.41) is 19.7. The molecule has 1 rings (SSSR count). The van der Waals surface area contributed by atoms with E-state index in [0.29, 0.717) is 12.5 Å². The van der Waals surface area contributed by atoms with Gasteiger partial charge in [0.05, 0.1) is 5.92 Å². The summed E-state index contributed by atoms with van der Waals surface area (Å²) in [7, 11) is 0. The highest BCUT2D eigenvalue weighted by Crippen LogP contribution is 2.23.